The number of rotatable bonds is 2. The van der Waals surface area contributed by atoms with E-state index in [1.54, 1.807) is 6.92 Å². The topological polar surface area (TPSA) is 35.5 Å². The number of halogens is 2. The van der Waals surface area contributed by atoms with Crippen LogP contribution in [0.2, 0.25) is 5.02 Å². The molecule has 16 heavy (non-hydrogen) atoms. The molecule has 0 aromatic heterocycles. The van der Waals surface area contributed by atoms with E-state index in [-0.39, 0.29) is 10.8 Å². The van der Waals surface area contributed by atoms with E-state index in [4.69, 9.17) is 21.1 Å². The van der Waals surface area contributed by atoms with Gasteiger partial charge in [0.15, 0.2) is 11.6 Å². The van der Waals surface area contributed by atoms with Crippen LogP contribution in [-0.4, -0.2) is 12.3 Å². The van der Waals surface area contributed by atoms with Crippen molar-refractivity contribution in [1.29, 1.82) is 0 Å². The maximum absolute atomic E-state index is 13.3. The van der Waals surface area contributed by atoms with Gasteiger partial charge in [-0.15, -0.1) is 0 Å². The van der Waals surface area contributed by atoms with Crippen LogP contribution < -0.4 is 4.74 Å². The van der Waals surface area contributed by atoms with Gasteiger partial charge in [0.05, 0.1) is 0 Å². The predicted octanol–water partition coefficient (Wildman–Crippen LogP) is 2.69. The lowest BCUT2D eigenvalue weighted by Gasteiger charge is -2.11. The van der Waals surface area contributed by atoms with Crippen molar-refractivity contribution in [3.63, 3.8) is 0 Å². The highest BCUT2D eigenvalue weighted by molar-refractivity contribution is 6.30. The van der Waals surface area contributed by atoms with Gasteiger partial charge in [-0.3, -0.25) is 0 Å². The van der Waals surface area contributed by atoms with Crippen LogP contribution in [0.3, 0.4) is 0 Å². The first-order valence-corrected chi connectivity index (χ1v) is 4.95. The van der Waals surface area contributed by atoms with Gasteiger partial charge in [-0.1, -0.05) is 11.6 Å². The summed E-state index contributed by atoms with van der Waals surface area (Å²) in [6, 6.07) is 4.00. The quantitative estimate of drug-likeness (QED) is 0.748. The average Bonchev–Trinajstić information content (AvgIpc) is 2.51. The van der Waals surface area contributed by atoms with E-state index in [9.17, 15) is 9.18 Å². The number of ether oxygens (including phenoxy) is 2. The van der Waals surface area contributed by atoms with Crippen LogP contribution in [0.25, 0.3) is 0 Å². The molecule has 0 aliphatic carbocycles. The highest BCUT2D eigenvalue weighted by Crippen LogP contribution is 2.24. The van der Waals surface area contributed by atoms with Crippen LogP contribution in [0.5, 0.6) is 5.75 Å². The third kappa shape index (κ3) is 2.17. The van der Waals surface area contributed by atoms with E-state index < -0.39 is 18.1 Å². The van der Waals surface area contributed by atoms with Gasteiger partial charge in [-0.05, 0) is 25.1 Å². The fourth-order valence-electron chi connectivity index (χ4n) is 1.26. The van der Waals surface area contributed by atoms with Gasteiger partial charge in [0.25, 0.3) is 6.29 Å². The lowest BCUT2D eigenvalue weighted by Crippen LogP contribution is -2.16. The van der Waals surface area contributed by atoms with Crippen molar-refractivity contribution in [1.82, 2.24) is 0 Å². The monoisotopic (exact) mass is 242 g/mol. The van der Waals surface area contributed by atoms with Crippen molar-refractivity contribution in [2.75, 3.05) is 0 Å². The summed E-state index contributed by atoms with van der Waals surface area (Å²) in [7, 11) is 0. The van der Waals surface area contributed by atoms with E-state index in [1.165, 1.54) is 18.2 Å². The van der Waals surface area contributed by atoms with Gasteiger partial charge >= 0.3 is 5.97 Å². The number of carbonyl (C=O) groups is 1. The molecule has 1 aromatic rings. The van der Waals surface area contributed by atoms with Crippen molar-refractivity contribution >= 4 is 17.6 Å². The Morgan fingerprint density at radius 3 is 2.81 bits per heavy atom. The molecule has 0 amide bonds. The van der Waals surface area contributed by atoms with Gasteiger partial charge in [-0.2, -0.15) is 0 Å². The number of hydrogen-bond donors (Lipinski definition) is 0. The summed E-state index contributed by atoms with van der Waals surface area (Å²) >= 11 is 5.59. The number of benzene rings is 1. The first-order chi connectivity index (χ1) is 7.56. The minimum Gasteiger partial charge on any atom is -0.448 e. The van der Waals surface area contributed by atoms with Crippen LogP contribution in [-0.2, 0) is 9.53 Å². The van der Waals surface area contributed by atoms with Crippen LogP contribution >= 0.6 is 11.6 Å². The Kier molecular flexibility index (Phi) is 2.83. The molecule has 0 fully saturated rings. The minimum atomic E-state index is -0.872. The summed E-state index contributed by atoms with van der Waals surface area (Å²) in [5.74, 6) is -1.06. The molecule has 0 N–H and O–H groups in total. The molecule has 3 nitrogen and oxygen atoms in total. The van der Waals surface area contributed by atoms with Crippen LogP contribution in [0.1, 0.15) is 6.92 Å². The molecule has 1 unspecified atom stereocenters. The Balaban J connectivity index is 2.14. The zero-order chi connectivity index (χ0) is 11.7. The second-order valence-electron chi connectivity index (χ2n) is 3.32. The molecule has 0 radical (unpaired) electrons. The lowest BCUT2D eigenvalue weighted by molar-refractivity contribution is -0.148. The van der Waals surface area contributed by atoms with Gasteiger partial charge in [-0.25, -0.2) is 9.18 Å². The Morgan fingerprint density at radius 2 is 2.25 bits per heavy atom. The molecule has 1 aliphatic heterocycles. The zero-order valence-corrected chi connectivity index (χ0v) is 9.12. The molecule has 84 valence electrons. The minimum absolute atomic E-state index is 0.00634. The molecule has 1 atom stereocenters. The molecule has 2 rings (SSSR count). The highest BCUT2D eigenvalue weighted by atomic mass is 35.5. The largest absolute Gasteiger partial charge is 0.448 e. The fraction of sp³-hybridized carbons (Fsp3) is 0.182. The number of cyclic esters (lactones) is 1. The van der Waals surface area contributed by atoms with Crippen molar-refractivity contribution in [2.24, 2.45) is 0 Å². The van der Waals surface area contributed by atoms with E-state index in [2.05, 4.69) is 0 Å². The van der Waals surface area contributed by atoms with Gasteiger partial charge in [0, 0.05) is 16.7 Å². The Bertz CT molecular complexity index is 470. The summed E-state index contributed by atoms with van der Waals surface area (Å²) in [4.78, 5) is 11.0. The number of hydrogen-bond acceptors (Lipinski definition) is 3. The summed E-state index contributed by atoms with van der Waals surface area (Å²) < 4.78 is 23.3. The molecule has 0 spiro atoms. The smallest absolute Gasteiger partial charge is 0.336 e. The van der Waals surface area contributed by atoms with E-state index in [1.807, 2.05) is 0 Å². The standard InChI is InChI=1S/C11H8ClFO3/c1-6-4-10(16-11(6)14)15-9-3-2-7(12)5-8(9)13/h2-5,10H,1H3. The lowest BCUT2D eigenvalue weighted by atomic mass is 10.3. The summed E-state index contributed by atoms with van der Waals surface area (Å²) in [5.41, 5.74) is 0.444. The Morgan fingerprint density at radius 1 is 1.50 bits per heavy atom. The summed E-state index contributed by atoms with van der Waals surface area (Å²) in [5, 5.41) is 0.278. The molecule has 5 heteroatoms. The molecule has 1 heterocycles. The van der Waals surface area contributed by atoms with Crippen molar-refractivity contribution < 1.29 is 18.7 Å². The molecular weight excluding hydrogens is 235 g/mol. The Hall–Kier alpha value is -1.55. The van der Waals surface area contributed by atoms with E-state index in [0.717, 1.165) is 6.07 Å². The maximum Gasteiger partial charge on any atom is 0.336 e. The van der Waals surface area contributed by atoms with Gasteiger partial charge in [0.2, 0.25) is 0 Å². The summed E-state index contributed by atoms with van der Waals surface area (Å²) in [6.45, 7) is 1.60. The third-order valence-corrected chi connectivity index (χ3v) is 2.30. The van der Waals surface area contributed by atoms with Crippen molar-refractivity contribution in [3.8, 4) is 5.75 Å². The number of esters is 1. The molecule has 0 bridgehead atoms. The van der Waals surface area contributed by atoms with E-state index in [0.29, 0.717) is 5.57 Å². The molecule has 1 aromatic carbocycles. The average molecular weight is 243 g/mol. The highest BCUT2D eigenvalue weighted by Gasteiger charge is 2.24. The normalized spacial score (nSPS) is 19.3. The SMILES string of the molecule is CC1=CC(Oc2ccc(Cl)cc2F)OC1=O. The third-order valence-electron chi connectivity index (χ3n) is 2.07. The van der Waals surface area contributed by atoms with Crippen molar-refractivity contribution in [2.45, 2.75) is 13.2 Å². The van der Waals surface area contributed by atoms with Crippen LogP contribution in [0.15, 0.2) is 29.8 Å². The Labute approximate surface area is 96.4 Å². The van der Waals surface area contributed by atoms with Gasteiger partial charge in [0.1, 0.15) is 0 Å². The van der Waals surface area contributed by atoms with Crippen LogP contribution in [0.4, 0.5) is 4.39 Å². The van der Waals surface area contributed by atoms with Crippen molar-refractivity contribution in [3.05, 3.63) is 40.7 Å². The molecular formula is C11H8ClFO3. The molecule has 1 aliphatic rings. The number of carbonyl (C=O) groups excluding carboxylic acids is 1. The van der Waals surface area contributed by atoms with Crippen LogP contribution in [0, 0.1) is 5.82 Å². The predicted molar refractivity (Wildman–Crippen MR) is 55.7 cm³/mol. The second-order valence-corrected chi connectivity index (χ2v) is 3.75. The van der Waals surface area contributed by atoms with E-state index >= 15 is 0 Å². The molecule has 0 saturated heterocycles. The fourth-order valence-corrected chi connectivity index (χ4v) is 1.42. The first-order valence-electron chi connectivity index (χ1n) is 4.57. The summed E-state index contributed by atoms with van der Waals surface area (Å²) in [6.07, 6.45) is 0.610. The maximum atomic E-state index is 13.3. The first kappa shape index (κ1) is 11.0. The van der Waals surface area contributed by atoms with Gasteiger partial charge < -0.3 is 9.47 Å². The second kappa shape index (κ2) is 4.14. The molecule has 0 saturated carbocycles. The zero-order valence-electron chi connectivity index (χ0n) is 8.37.